The van der Waals surface area contributed by atoms with Gasteiger partial charge in [-0.05, 0) is 17.2 Å². The van der Waals surface area contributed by atoms with Crippen molar-refractivity contribution in [2.75, 3.05) is 7.11 Å². The fraction of sp³-hybridized carbons (Fsp3) is 0.267. The average molecular weight is 275 g/mol. The van der Waals surface area contributed by atoms with Crippen molar-refractivity contribution in [1.29, 1.82) is 0 Å². The molecule has 2 rings (SSSR count). The van der Waals surface area contributed by atoms with Gasteiger partial charge in [0.15, 0.2) is 0 Å². The molecule has 0 spiro atoms. The van der Waals surface area contributed by atoms with Crippen LogP contribution in [0.4, 0.5) is 0 Å². The lowest BCUT2D eigenvalue weighted by molar-refractivity contribution is 0.0694. The number of aromatic carboxylic acids is 1. The smallest absolute Gasteiger partial charge is 0.339 e. The molecular formula is C15H17NO4. The first kappa shape index (κ1) is 14.3. The molecule has 2 aromatic rings. The topological polar surface area (TPSA) is 71.7 Å². The first-order valence-corrected chi connectivity index (χ1v) is 6.28. The molecule has 1 heterocycles. The Morgan fingerprint density at radius 3 is 2.70 bits per heavy atom. The Morgan fingerprint density at radius 2 is 2.00 bits per heavy atom. The summed E-state index contributed by atoms with van der Waals surface area (Å²) >= 11 is 0. The molecule has 5 heteroatoms. The third-order valence-corrected chi connectivity index (χ3v) is 3.00. The fourth-order valence-electron chi connectivity index (χ4n) is 2.01. The zero-order chi connectivity index (χ0) is 14.4. The van der Waals surface area contributed by atoms with Crippen LogP contribution in [-0.2, 0) is 24.4 Å². The fourth-order valence-corrected chi connectivity index (χ4v) is 2.01. The molecule has 0 unspecified atom stereocenters. The van der Waals surface area contributed by atoms with Crippen LogP contribution in [0.2, 0.25) is 0 Å². The number of furan rings is 1. The zero-order valence-electron chi connectivity index (χ0n) is 11.3. The molecule has 0 saturated carbocycles. The number of benzene rings is 1. The maximum absolute atomic E-state index is 11.0. The number of hydrogen-bond acceptors (Lipinski definition) is 4. The number of hydrogen-bond donors (Lipinski definition) is 2. The molecule has 106 valence electrons. The van der Waals surface area contributed by atoms with Gasteiger partial charge < -0.3 is 19.6 Å². The van der Waals surface area contributed by atoms with Crippen LogP contribution in [0.25, 0.3) is 0 Å². The van der Waals surface area contributed by atoms with Crippen LogP contribution >= 0.6 is 0 Å². The number of rotatable bonds is 7. The van der Waals surface area contributed by atoms with E-state index in [-0.39, 0.29) is 5.56 Å². The molecule has 5 nitrogen and oxygen atoms in total. The predicted molar refractivity (Wildman–Crippen MR) is 73.4 cm³/mol. The van der Waals surface area contributed by atoms with Gasteiger partial charge in [0.05, 0.1) is 19.4 Å². The van der Waals surface area contributed by atoms with Gasteiger partial charge in [0.25, 0.3) is 0 Å². The van der Waals surface area contributed by atoms with E-state index in [4.69, 9.17) is 14.3 Å². The van der Waals surface area contributed by atoms with Crippen molar-refractivity contribution in [2.24, 2.45) is 0 Å². The summed E-state index contributed by atoms with van der Waals surface area (Å²) in [4.78, 5) is 11.0. The molecular weight excluding hydrogens is 258 g/mol. The van der Waals surface area contributed by atoms with E-state index in [1.807, 2.05) is 24.3 Å². The maximum Gasteiger partial charge on any atom is 0.339 e. The summed E-state index contributed by atoms with van der Waals surface area (Å²) in [5.41, 5.74) is 2.43. The minimum atomic E-state index is -0.977. The Balaban J connectivity index is 1.96. The number of nitrogens with one attached hydrogen (secondary N) is 1. The molecule has 0 aliphatic carbocycles. The highest BCUT2D eigenvalue weighted by atomic mass is 16.5. The second-order valence-electron chi connectivity index (χ2n) is 4.37. The van der Waals surface area contributed by atoms with Gasteiger partial charge in [-0.1, -0.05) is 24.3 Å². The van der Waals surface area contributed by atoms with E-state index in [0.29, 0.717) is 25.5 Å². The third kappa shape index (κ3) is 3.46. The molecule has 0 aliphatic rings. The van der Waals surface area contributed by atoms with Crippen LogP contribution in [0.1, 0.15) is 27.2 Å². The molecule has 0 radical (unpaired) electrons. The molecule has 0 amide bonds. The van der Waals surface area contributed by atoms with E-state index in [1.54, 1.807) is 7.11 Å². The summed E-state index contributed by atoms with van der Waals surface area (Å²) < 4.78 is 10.3. The molecule has 0 aliphatic heterocycles. The summed E-state index contributed by atoms with van der Waals surface area (Å²) in [6.07, 6.45) is 1.39. The van der Waals surface area contributed by atoms with Crippen LogP contribution in [-0.4, -0.2) is 18.2 Å². The first-order chi connectivity index (χ1) is 9.72. The van der Waals surface area contributed by atoms with Gasteiger partial charge >= 0.3 is 5.97 Å². The van der Waals surface area contributed by atoms with Crippen LogP contribution < -0.4 is 5.32 Å². The first-order valence-electron chi connectivity index (χ1n) is 6.28. The van der Waals surface area contributed by atoms with Gasteiger partial charge in [-0.25, -0.2) is 4.79 Å². The second-order valence-corrected chi connectivity index (χ2v) is 4.37. The standard InChI is InChI=1S/C15H17NO4/c1-19-10-12-5-3-2-4-11(12)8-16-9-14-13(15(17)18)6-7-20-14/h2-7,16H,8-10H2,1H3,(H,17,18). The normalized spacial score (nSPS) is 10.7. The lowest BCUT2D eigenvalue weighted by Crippen LogP contribution is -2.15. The quantitative estimate of drug-likeness (QED) is 0.812. The molecule has 20 heavy (non-hydrogen) atoms. The molecule has 0 saturated heterocycles. The van der Waals surface area contributed by atoms with Crippen LogP contribution in [0.5, 0.6) is 0 Å². The lowest BCUT2D eigenvalue weighted by Gasteiger charge is -2.09. The van der Waals surface area contributed by atoms with Gasteiger partial charge in [-0.15, -0.1) is 0 Å². The van der Waals surface area contributed by atoms with Crippen molar-refractivity contribution in [3.63, 3.8) is 0 Å². The largest absolute Gasteiger partial charge is 0.478 e. The molecule has 1 aromatic carbocycles. The maximum atomic E-state index is 11.0. The number of carboxylic acid groups (broad SMARTS) is 1. The Labute approximate surface area is 117 Å². The highest BCUT2D eigenvalue weighted by Crippen LogP contribution is 2.12. The summed E-state index contributed by atoms with van der Waals surface area (Å²) in [6.45, 7) is 1.55. The van der Waals surface area contributed by atoms with Gasteiger partial charge in [0, 0.05) is 13.7 Å². The van der Waals surface area contributed by atoms with Crippen LogP contribution in [0, 0.1) is 0 Å². The highest BCUT2D eigenvalue weighted by molar-refractivity contribution is 5.88. The van der Waals surface area contributed by atoms with Gasteiger partial charge in [0.2, 0.25) is 0 Å². The third-order valence-electron chi connectivity index (χ3n) is 3.00. The Hall–Kier alpha value is -2.11. The predicted octanol–water partition coefficient (Wildman–Crippen LogP) is 2.41. The number of carboxylic acids is 1. The van der Waals surface area contributed by atoms with Gasteiger partial charge in [-0.3, -0.25) is 0 Å². The molecule has 0 atom stereocenters. The zero-order valence-corrected chi connectivity index (χ0v) is 11.3. The molecule has 0 fully saturated rings. The van der Waals surface area contributed by atoms with Crippen molar-refractivity contribution < 1.29 is 19.1 Å². The molecule has 0 bridgehead atoms. The lowest BCUT2D eigenvalue weighted by atomic mass is 10.1. The van der Waals surface area contributed by atoms with Gasteiger partial charge in [0.1, 0.15) is 11.3 Å². The van der Waals surface area contributed by atoms with Crippen molar-refractivity contribution >= 4 is 5.97 Å². The van der Waals surface area contributed by atoms with Crippen LogP contribution in [0.15, 0.2) is 41.0 Å². The van der Waals surface area contributed by atoms with E-state index in [0.717, 1.165) is 11.1 Å². The van der Waals surface area contributed by atoms with E-state index in [2.05, 4.69) is 5.32 Å². The van der Waals surface area contributed by atoms with Crippen LogP contribution in [0.3, 0.4) is 0 Å². The summed E-state index contributed by atoms with van der Waals surface area (Å²) in [6, 6.07) is 9.41. The SMILES string of the molecule is COCc1ccccc1CNCc1occc1C(=O)O. The van der Waals surface area contributed by atoms with Crippen molar-refractivity contribution in [3.8, 4) is 0 Å². The molecule has 1 aromatic heterocycles. The monoisotopic (exact) mass is 275 g/mol. The summed E-state index contributed by atoms with van der Waals surface area (Å²) in [5.74, 6) is -0.544. The average Bonchev–Trinajstić information content (AvgIpc) is 2.90. The van der Waals surface area contributed by atoms with E-state index in [1.165, 1.54) is 12.3 Å². The summed E-state index contributed by atoms with van der Waals surface area (Å²) in [5, 5.41) is 12.2. The number of ether oxygens (including phenoxy) is 1. The van der Waals surface area contributed by atoms with Gasteiger partial charge in [-0.2, -0.15) is 0 Å². The van der Waals surface area contributed by atoms with E-state index >= 15 is 0 Å². The minimum Gasteiger partial charge on any atom is -0.478 e. The second kappa shape index (κ2) is 6.88. The number of methoxy groups -OCH3 is 1. The van der Waals surface area contributed by atoms with Crippen molar-refractivity contribution in [3.05, 3.63) is 59.0 Å². The van der Waals surface area contributed by atoms with E-state index < -0.39 is 5.97 Å². The van der Waals surface area contributed by atoms with Crippen molar-refractivity contribution in [2.45, 2.75) is 19.7 Å². The van der Waals surface area contributed by atoms with Crippen molar-refractivity contribution in [1.82, 2.24) is 5.32 Å². The summed E-state index contributed by atoms with van der Waals surface area (Å²) in [7, 11) is 1.66. The highest BCUT2D eigenvalue weighted by Gasteiger charge is 2.12. The Bertz CT molecular complexity index is 577. The Morgan fingerprint density at radius 1 is 1.25 bits per heavy atom. The molecule has 2 N–H and O–H groups in total. The number of carbonyl (C=O) groups is 1. The Kier molecular flexibility index (Phi) is 4.92. The van der Waals surface area contributed by atoms with E-state index in [9.17, 15) is 4.79 Å². The minimum absolute atomic E-state index is 0.197.